The minimum atomic E-state index is -0.0898. The lowest BCUT2D eigenvalue weighted by Gasteiger charge is -2.13. The van der Waals surface area contributed by atoms with Gasteiger partial charge in [0.2, 0.25) is 0 Å². The molecule has 2 aromatic carbocycles. The van der Waals surface area contributed by atoms with Crippen LogP contribution in [0.25, 0.3) is 11.1 Å². The van der Waals surface area contributed by atoms with Gasteiger partial charge in [-0.05, 0) is 34.7 Å². The van der Waals surface area contributed by atoms with E-state index < -0.39 is 0 Å². The van der Waals surface area contributed by atoms with E-state index in [0.29, 0.717) is 22.8 Å². The van der Waals surface area contributed by atoms with Gasteiger partial charge < -0.3 is 14.9 Å². The molecule has 0 amide bonds. The van der Waals surface area contributed by atoms with Gasteiger partial charge in [0.1, 0.15) is 0 Å². The van der Waals surface area contributed by atoms with E-state index in [-0.39, 0.29) is 12.4 Å². The fourth-order valence-electron chi connectivity index (χ4n) is 2.20. The van der Waals surface area contributed by atoms with Crippen molar-refractivity contribution in [3.8, 4) is 22.6 Å². The first kappa shape index (κ1) is 14.4. The summed E-state index contributed by atoms with van der Waals surface area (Å²) in [7, 11) is 1.50. The van der Waals surface area contributed by atoms with Crippen LogP contribution in [0.2, 0.25) is 0 Å². The van der Waals surface area contributed by atoms with Crippen molar-refractivity contribution in [2.75, 3.05) is 7.11 Å². The molecule has 0 fully saturated rings. The molecule has 0 aliphatic rings. The van der Waals surface area contributed by atoms with E-state index in [1.54, 1.807) is 12.1 Å². The van der Waals surface area contributed by atoms with E-state index in [2.05, 4.69) is 26.0 Å². The highest BCUT2D eigenvalue weighted by Crippen LogP contribution is 2.39. The number of methoxy groups -OCH3 is 1. The Hall–Kier alpha value is -2.00. The Kier molecular flexibility index (Phi) is 4.30. The smallest absolute Gasteiger partial charge is 0.165 e. The van der Waals surface area contributed by atoms with Crippen LogP contribution in [0.3, 0.4) is 0 Å². The second-order valence-electron chi connectivity index (χ2n) is 5.13. The third-order valence-electron chi connectivity index (χ3n) is 3.40. The summed E-state index contributed by atoms with van der Waals surface area (Å²) < 4.78 is 5.17. The first-order valence-corrected chi connectivity index (χ1v) is 6.68. The Morgan fingerprint density at radius 1 is 1.15 bits per heavy atom. The van der Waals surface area contributed by atoms with Gasteiger partial charge in [-0.25, -0.2) is 0 Å². The predicted molar refractivity (Wildman–Crippen MR) is 80.1 cm³/mol. The molecule has 0 spiro atoms. The van der Waals surface area contributed by atoms with Gasteiger partial charge in [-0.2, -0.15) is 0 Å². The van der Waals surface area contributed by atoms with Crippen molar-refractivity contribution in [2.24, 2.45) is 0 Å². The Morgan fingerprint density at radius 2 is 1.90 bits per heavy atom. The summed E-state index contributed by atoms with van der Waals surface area (Å²) >= 11 is 0. The van der Waals surface area contributed by atoms with Crippen LogP contribution in [0, 0.1) is 0 Å². The molecule has 0 aliphatic carbocycles. The molecule has 0 atom stereocenters. The number of phenols is 1. The maximum atomic E-state index is 10.3. The monoisotopic (exact) mass is 272 g/mol. The van der Waals surface area contributed by atoms with E-state index in [1.807, 2.05) is 12.1 Å². The number of phenolic OH excluding ortho intramolecular Hbond substituents is 1. The van der Waals surface area contributed by atoms with Crippen molar-refractivity contribution in [1.29, 1.82) is 0 Å². The minimum Gasteiger partial charge on any atom is -0.504 e. The third-order valence-corrected chi connectivity index (χ3v) is 3.40. The fourth-order valence-corrected chi connectivity index (χ4v) is 2.20. The lowest BCUT2D eigenvalue weighted by molar-refractivity contribution is 0.280. The van der Waals surface area contributed by atoms with Crippen LogP contribution in [0.15, 0.2) is 36.4 Å². The lowest BCUT2D eigenvalue weighted by Crippen LogP contribution is -1.93. The zero-order chi connectivity index (χ0) is 14.7. The number of aliphatic hydroxyl groups excluding tert-OH is 1. The molecule has 2 rings (SSSR count). The molecule has 106 valence electrons. The summed E-state index contributed by atoms with van der Waals surface area (Å²) in [5, 5.41) is 19.6. The maximum absolute atomic E-state index is 10.3. The number of aliphatic hydroxyl groups is 1. The van der Waals surface area contributed by atoms with Gasteiger partial charge in [-0.3, -0.25) is 0 Å². The number of benzene rings is 2. The normalized spacial score (nSPS) is 10.8. The highest BCUT2D eigenvalue weighted by atomic mass is 16.5. The zero-order valence-corrected chi connectivity index (χ0v) is 12.1. The van der Waals surface area contributed by atoms with Gasteiger partial charge in [0.25, 0.3) is 0 Å². The van der Waals surface area contributed by atoms with E-state index in [0.717, 1.165) is 5.56 Å². The van der Waals surface area contributed by atoms with Gasteiger partial charge in [-0.1, -0.05) is 38.1 Å². The van der Waals surface area contributed by atoms with Gasteiger partial charge >= 0.3 is 0 Å². The number of hydrogen-bond acceptors (Lipinski definition) is 3. The summed E-state index contributed by atoms with van der Waals surface area (Å²) in [6.07, 6.45) is 0. The Balaban J connectivity index is 2.59. The molecule has 0 unspecified atom stereocenters. The first-order valence-electron chi connectivity index (χ1n) is 6.68. The van der Waals surface area contributed by atoms with Crippen molar-refractivity contribution in [3.05, 3.63) is 47.5 Å². The standard InChI is InChI=1S/C17H20O3/c1-11(2)13-5-4-6-14(9-13)15-7-12(10-18)8-16(20-3)17(15)19/h4-9,11,18-19H,10H2,1-3H3. The van der Waals surface area contributed by atoms with Gasteiger partial charge in [0.15, 0.2) is 11.5 Å². The summed E-state index contributed by atoms with van der Waals surface area (Å²) in [6.45, 7) is 4.17. The van der Waals surface area contributed by atoms with Gasteiger partial charge in [-0.15, -0.1) is 0 Å². The van der Waals surface area contributed by atoms with E-state index in [4.69, 9.17) is 4.74 Å². The van der Waals surface area contributed by atoms with Gasteiger partial charge in [0, 0.05) is 5.56 Å². The Morgan fingerprint density at radius 3 is 2.50 bits per heavy atom. The van der Waals surface area contributed by atoms with Crippen LogP contribution in [-0.2, 0) is 6.61 Å². The Bertz CT molecular complexity index is 603. The van der Waals surface area contributed by atoms with Gasteiger partial charge in [0.05, 0.1) is 13.7 Å². The molecule has 0 radical (unpaired) electrons. The van der Waals surface area contributed by atoms with E-state index in [9.17, 15) is 10.2 Å². The quantitative estimate of drug-likeness (QED) is 0.892. The molecule has 2 N–H and O–H groups in total. The third kappa shape index (κ3) is 2.78. The molecule has 0 bridgehead atoms. The van der Waals surface area contributed by atoms with Crippen LogP contribution in [0.5, 0.6) is 11.5 Å². The molecule has 20 heavy (non-hydrogen) atoms. The molecule has 3 nitrogen and oxygen atoms in total. The highest BCUT2D eigenvalue weighted by Gasteiger charge is 2.13. The molecule has 0 heterocycles. The number of ether oxygens (including phenoxy) is 1. The van der Waals surface area contributed by atoms with Crippen molar-refractivity contribution in [3.63, 3.8) is 0 Å². The average Bonchev–Trinajstić information content (AvgIpc) is 2.47. The molecule has 0 saturated carbocycles. The molecular weight excluding hydrogens is 252 g/mol. The molecular formula is C17H20O3. The molecule has 2 aromatic rings. The van der Waals surface area contributed by atoms with Crippen LogP contribution >= 0.6 is 0 Å². The van der Waals surface area contributed by atoms with Crippen LogP contribution < -0.4 is 4.74 Å². The second-order valence-corrected chi connectivity index (χ2v) is 5.13. The van der Waals surface area contributed by atoms with E-state index >= 15 is 0 Å². The molecule has 0 aromatic heterocycles. The molecule has 3 heteroatoms. The zero-order valence-electron chi connectivity index (χ0n) is 12.1. The summed E-state index contributed by atoms with van der Waals surface area (Å²) in [5.41, 5.74) is 3.51. The van der Waals surface area contributed by atoms with Crippen LogP contribution in [0.1, 0.15) is 30.9 Å². The average molecular weight is 272 g/mol. The number of hydrogen-bond donors (Lipinski definition) is 2. The number of aromatic hydroxyl groups is 1. The summed E-state index contributed by atoms with van der Waals surface area (Å²) in [6, 6.07) is 11.5. The van der Waals surface area contributed by atoms with Crippen LogP contribution in [0.4, 0.5) is 0 Å². The largest absolute Gasteiger partial charge is 0.504 e. The Labute approximate surface area is 119 Å². The maximum Gasteiger partial charge on any atom is 0.165 e. The highest BCUT2D eigenvalue weighted by molar-refractivity contribution is 5.74. The van der Waals surface area contributed by atoms with Crippen molar-refractivity contribution in [2.45, 2.75) is 26.4 Å². The van der Waals surface area contributed by atoms with Crippen molar-refractivity contribution >= 4 is 0 Å². The second kappa shape index (κ2) is 5.97. The number of rotatable bonds is 4. The minimum absolute atomic E-state index is 0.0898. The SMILES string of the molecule is COc1cc(CO)cc(-c2cccc(C(C)C)c2)c1O. The van der Waals surface area contributed by atoms with E-state index in [1.165, 1.54) is 12.7 Å². The van der Waals surface area contributed by atoms with Crippen molar-refractivity contribution in [1.82, 2.24) is 0 Å². The van der Waals surface area contributed by atoms with Crippen LogP contribution in [-0.4, -0.2) is 17.3 Å². The summed E-state index contributed by atoms with van der Waals surface area (Å²) in [4.78, 5) is 0. The topological polar surface area (TPSA) is 49.7 Å². The van der Waals surface area contributed by atoms with Crippen molar-refractivity contribution < 1.29 is 14.9 Å². The first-order chi connectivity index (χ1) is 9.56. The summed E-state index contributed by atoms with van der Waals surface area (Å²) in [5.74, 6) is 0.895. The molecule has 0 aliphatic heterocycles. The lowest BCUT2D eigenvalue weighted by atomic mass is 9.96. The molecule has 0 saturated heterocycles. The predicted octanol–water partition coefficient (Wildman–Crippen LogP) is 3.68. The fraction of sp³-hybridized carbons (Fsp3) is 0.294.